The highest BCUT2D eigenvalue weighted by Crippen LogP contribution is 2.11. The highest BCUT2D eigenvalue weighted by molar-refractivity contribution is 5.41. The zero-order valence-electron chi connectivity index (χ0n) is 10.8. The summed E-state index contributed by atoms with van der Waals surface area (Å²) in [5, 5.41) is 7.38. The second-order valence-electron chi connectivity index (χ2n) is 4.04. The van der Waals surface area contributed by atoms with Gasteiger partial charge >= 0.3 is 0 Å². The van der Waals surface area contributed by atoms with E-state index in [0.29, 0.717) is 0 Å². The van der Waals surface area contributed by atoms with E-state index in [4.69, 9.17) is 0 Å². The van der Waals surface area contributed by atoms with E-state index in [1.54, 1.807) is 11.0 Å². The van der Waals surface area contributed by atoms with E-state index in [1.807, 2.05) is 6.07 Å². The molecule has 0 spiro atoms. The van der Waals surface area contributed by atoms with Crippen LogP contribution in [0, 0.1) is 0 Å². The third-order valence-corrected chi connectivity index (χ3v) is 2.44. The lowest BCUT2D eigenvalue weighted by molar-refractivity contribution is 0.783. The van der Waals surface area contributed by atoms with E-state index in [2.05, 4.69) is 39.2 Å². The van der Waals surface area contributed by atoms with Crippen molar-refractivity contribution in [2.24, 2.45) is 0 Å². The lowest BCUT2D eigenvalue weighted by atomic mass is 10.3. The van der Waals surface area contributed by atoms with Gasteiger partial charge in [0, 0.05) is 19.0 Å². The average Bonchev–Trinajstić information content (AvgIpc) is 2.90. The highest BCUT2D eigenvalue weighted by atomic mass is 15.3. The lowest BCUT2D eigenvalue weighted by Crippen LogP contribution is -2.09. The largest absolute Gasteiger partial charge is 0.370 e. The molecule has 6 nitrogen and oxygen atoms in total. The second kappa shape index (κ2) is 6.09. The zero-order chi connectivity index (χ0) is 12.8. The molecule has 0 saturated heterocycles. The van der Waals surface area contributed by atoms with E-state index in [-0.39, 0.29) is 0 Å². The van der Waals surface area contributed by atoms with Gasteiger partial charge in [-0.1, -0.05) is 13.8 Å². The average molecular weight is 246 g/mol. The quantitative estimate of drug-likeness (QED) is 0.842. The number of aromatic nitrogens is 5. The van der Waals surface area contributed by atoms with Crippen molar-refractivity contribution in [3.05, 3.63) is 24.5 Å². The number of nitrogens with one attached hydrogen (secondary N) is 1. The number of aryl methyl sites for hydroxylation is 1. The van der Waals surface area contributed by atoms with Crippen molar-refractivity contribution in [3.8, 4) is 5.82 Å². The van der Waals surface area contributed by atoms with Gasteiger partial charge in [0.25, 0.3) is 0 Å². The molecule has 0 atom stereocenters. The molecule has 0 aliphatic rings. The third kappa shape index (κ3) is 3.03. The summed E-state index contributed by atoms with van der Waals surface area (Å²) in [6, 6.07) is 1.89. The van der Waals surface area contributed by atoms with Crippen LogP contribution in [0.25, 0.3) is 5.82 Å². The number of nitrogens with zero attached hydrogens (tertiary/aromatic N) is 5. The van der Waals surface area contributed by atoms with Gasteiger partial charge in [-0.25, -0.2) is 19.6 Å². The summed E-state index contributed by atoms with van der Waals surface area (Å²) in [6.45, 7) is 5.14. The Kier molecular flexibility index (Phi) is 4.22. The Morgan fingerprint density at radius 2 is 2.11 bits per heavy atom. The van der Waals surface area contributed by atoms with Crippen molar-refractivity contribution in [3.63, 3.8) is 0 Å². The first-order valence-electron chi connectivity index (χ1n) is 6.30. The third-order valence-electron chi connectivity index (χ3n) is 2.44. The molecule has 2 aromatic rings. The molecule has 1 N–H and O–H groups in total. The monoisotopic (exact) mass is 246 g/mol. The van der Waals surface area contributed by atoms with Gasteiger partial charge in [0.1, 0.15) is 24.3 Å². The van der Waals surface area contributed by atoms with E-state index in [9.17, 15) is 0 Å². The predicted molar refractivity (Wildman–Crippen MR) is 69.7 cm³/mol. The van der Waals surface area contributed by atoms with Gasteiger partial charge < -0.3 is 5.32 Å². The summed E-state index contributed by atoms with van der Waals surface area (Å²) in [4.78, 5) is 12.9. The van der Waals surface area contributed by atoms with Crippen LogP contribution in [0.2, 0.25) is 0 Å². The maximum atomic E-state index is 4.49. The molecule has 0 aliphatic heterocycles. The van der Waals surface area contributed by atoms with E-state index >= 15 is 0 Å². The molecule has 6 heteroatoms. The zero-order valence-corrected chi connectivity index (χ0v) is 10.8. The van der Waals surface area contributed by atoms with Crippen molar-refractivity contribution in [2.75, 3.05) is 11.9 Å². The first-order valence-corrected chi connectivity index (χ1v) is 6.30. The van der Waals surface area contributed by atoms with Gasteiger partial charge in [0.2, 0.25) is 0 Å². The molecule has 2 heterocycles. The first-order chi connectivity index (χ1) is 8.83. The van der Waals surface area contributed by atoms with Gasteiger partial charge in [0.15, 0.2) is 5.82 Å². The molecule has 18 heavy (non-hydrogen) atoms. The Morgan fingerprint density at radius 3 is 2.78 bits per heavy atom. The molecule has 0 bridgehead atoms. The summed E-state index contributed by atoms with van der Waals surface area (Å²) in [6.07, 6.45) is 6.09. The van der Waals surface area contributed by atoms with Crippen LogP contribution in [-0.2, 0) is 6.42 Å². The Balaban J connectivity index is 2.30. The normalized spacial score (nSPS) is 10.6. The molecule has 0 amide bonds. The van der Waals surface area contributed by atoms with E-state index < -0.39 is 0 Å². The SMILES string of the molecule is CCCNc1cc(-n2cncn2)nc(CCC)n1. The predicted octanol–water partition coefficient (Wildman–Crippen LogP) is 1.83. The summed E-state index contributed by atoms with van der Waals surface area (Å²) < 4.78 is 1.65. The molecule has 0 radical (unpaired) electrons. The van der Waals surface area contributed by atoms with Crippen LogP contribution in [0.3, 0.4) is 0 Å². The number of hydrogen-bond acceptors (Lipinski definition) is 5. The standard InChI is InChI=1S/C12H18N6/c1-3-5-10-16-11(14-6-4-2)7-12(17-10)18-9-13-8-15-18/h7-9H,3-6H2,1-2H3,(H,14,16,17). The second-order valence-corrected chi connectivity index (χ2v) is 4.04. The maximum Gasteiger partial charge on any atom is 0.160 e. The fourth-order valence-corrected chi connectivity index (χ4v) is 1.61. The first kappa shape index (κ1) is 12.5. The molecule has 0 aromatic carbocycles. The smallest absolute Gasteiger partial charge is 0.160 e. The Labute approximate surface area is 106 Å². The molecule has 2 rings (SSSR count). The van der Waals surface area contributed by atoms with Crippen LogP contribution in [-0.4, -0.2) is 31.3 Å². The van der Waals surface area contributed by atoms with Crippen LogP contribution in [0.1, 0.15) is 32.5 Å². The van der Waals surface area contributed by atoms with Gasteiger partial charge in [-0.2, -0.15) is 5.10 Å². The maximum absolute atomic E-state index is 4.49. The molecule has 2 aromatic heterocycles. The van der Waals surface area contributed by atoms with Gasteiger partial charge in [0.05, 0.1) is 0 Å². The summed E-state index contributed by atoms with van der Waals surface area (Å²) >= 11 is 0. The van der Waals surface area contributed by atoms with Gasteiger partial charge in [-0.15, -0.1) is 0 Å². The molecular formula is C12H18N6. The van der Waals surface area contributed by atoms with E-state index in [1.165, 1.54) is 6.33 Å². The molecule has 0 fully saturated rings. The van der Waals surface area contributed by atoms with Gasteiger partial charge in [-0.3, -0.25) is 0 Å². The van der Waals surface area contributed by atoms with Crippen molar-refractivity contribution in [2.45, 2.75) is 33.1 Å². The van der Waals surface area contributed by atoms with Crippen LogP contribution in [0.15, 0.2) is 18.7 Å². The van der Waals surface area contributed by atoms with Crippen molar-refractivity contribution in [1.29, 1.82) is 0 Å². The minimum Gasteiger partial charge on any atom is -0.370 e. The van der Waals surface area contributed by atoms with Crippen LogP contribution in [0.4, 0.5) is 5.82 Å². The molecular weight excluding hydrogens is 228 g/mol. The fraction of sp³-hybridized carbons (Fsp3) is 0.500. The Morgan fingerprint density at radius 1 is 1.22 bits per heavy atom. The molecule has 96 valence electrons. The lowest BCUT2D eigenvalue weighted by Gasteiger charge is -2.08. The molecule has 0 saturated carbocycles. The number of anilines is 1. The minimum atomic E-state index is 0.754. The van der Waals surface area contributed by atoms with Crippen molar-refractivity contribution < 1.29 is 0 Å². The van der Waals surface area contributed by atoms with Crippen molar-refractivity contribution in [1.82, 2.24) is 24.7 Å². The van der Waals surface area contributed by atoms with E-state index in [0.717, 1.165) is 43.3 Å². The molecule has 0 aliphatic carbocycles. The van der Waals surface area contributed by atoms with Gasteiger partial charge in [-0.05, 0) is 12.8 Å². The van der Waals surface area contributed by atoms with Crippen molar-refractivity contribution >= 4 is 5.82 Å². The van der Waals surface area contributed by atoms with Crippen LogP contribution < -0.4 is 5.32 Å². The Hall–Kier alpha value is -1.98. The summed E-state index contributed by atoms with van der Waals surface area (Å²) in [5.74, 6) is 2.44. The van der Waals surface area contributed by atoms with Crippen LogP contribution in [0.5, 0.6) is 0 Å². The topological polar surface area (TPSA) is 68.5 Å². The number of hydrogen-bond donors (Lipinski definition) is 1. The number of rotatable bonds is 6. The fourth-order valence-electron chi connectivity index (χ4n) is 1.61. The Bertz CT molecular complexity index is 479. The molecule has 0 unspecified atom stereocenters. The minimum absolute atomic E-state index is 0.754. The summed E-state index contributed by atoms with van der Waals surface area (Å²) in [5.41, 5.74) is 0. The summed E-state index contributed by atoms with van der Waals surface area (Å²) in [7, 11) is 0. The van der Waals surface area contributed by atoms with Crippen LogP contribution >= 0.6 is 0 Å². The highest BCUT2D eigenvalue weighted by Gasteiger charge is 2.06.